The van der Waals surface area contributed by atoms with E-state index in [2.05, 4.69) is 10.3 Å². The number of nitrogens with two attached hydrogens (primary N) is 1. The summed E-state index contributed by atoms with van der Waals surface area (Å²) >= 11 is 0. The molecule has 1 unspecified atom stereocenters. The molecule has 0 aliphatic carbocycles. The second kappa shape index (κ2) is 9.63. The van der Waals surface area contributed by atoms with Crippen LogP contribution in [0.3, 0.4) is 0 Å². The smallest absolute Gasteiger partial charge is 0.193 e. The molecule has 5 nitrogen and oxygen atoms in total. The van der Waals surface area contributed by atoms with Crippen molar-refractivity contribution in [3.63, 3.8) is 0 Å². The number of para-hydroxylation sites is 1. The standard InChI is InChI=1S/C17H21N3O2S.HI/c1-2-14(13-23(21,22)16-11-7-4-8-12-16)19-17(18)20-15-9-5-3-6-10-15;/h3-12,14H,2,13H2,1H3,(H3,18,19,20);1H. The first kappa shape index (κ1) is 20.4. The maximum atomic E-state index is 12.4. The number of anilines is 1. The molecular formula is C17H22IN3O2S. The average molecular weight is 459 g/mol. The van der Waals surface area contributed by atoms with E-state index in [-0.39, 0.29) is 35.7 Å². The third-order valence-corrected chi connectivity index (χ3v) is 5.17. The van der Waals surface area contributed by atoms with E-state index in [1.54, 1.807) is 30.3 Å². The van der Waals surface area contributed by atoms with Crippen LogP contribution in [-0.2, 0) is 9.84 Å². The van der Waals surface area contributed by atoms with E-state index in [1.165, 1.54) is 0 Å². The Morgan fingerprint density at radius 2 is 1.62 bits per heavy atom. The molecule has 2 aromatic rings. The van der Waals surface area contributed by atoms with E-state index >= 15 is 0 Å². The molecule has 24 heavy (non-hydrogen) atoms. The number of hydrogen-bond acceptors (Lipinski definition) is 3. The monoisotopic (exact) mass is 459 g/mol. The zero-order valence-electron chi connectivity index (χ0n) is 13.4. The molecule has 0 amide bonds. The summed E-state index contributed by atoms with van der Waals surface area (Å²) in [5.74, 6) is 0.149. The average Bonchev–Trinajstić information content (AvgIpc) is 2.55. The molecule has 0 aliphatic heterocycles. The Bertz CT molecular complexity index is 750. The van der Waals surface area contributed by atoms with Gasteiger partial charge in [-0.15, -0.1) is 24.0 Å². The van der Waals surface area contributed by atoms with Crippen LogP contribution in [0, 0.1) is 0 Å². The molecule has 0 saturated carbocycles. The molecule has 2 rings (SSSR count). The van der Waals surface area contributed by atoms with E-state index in [1.807, 2.05) is 37.3 Å². The fraction of sp³-hybridized carbons (Fsp3) is 0.235. The molecule has 0 aromatic heterocycles. The number of guanidine groups is 1. The third kappa shape index (κ3) is 6.12. The molecule has 0 spiro atoms. The highest BCUT2D eigenvalue weighted by atomic mass is 127. The highest BCUT2D eigenvalue weighted by Crippen LogP contribution is 2.14. The molecule has 0 radical (unpaired) electrons. The lowest BCUT2D eigenvalue weighted by atomic mass is 10.3. The van der Waals surface area contributed by atoms with Crippen molar-refractivity contribution in [2.45, 2.75) is 24.3 Å². The van der Waals surface area contributed by atoms with Crippen LogP contribution in [0.5, 0.6) is 0 Å². The van der Waals surface area contributed by atoms with E-state index in [0.717, 1.165) is 5.69 Å². The van der Waals surface area contributed by atoms with Crippen molar-refractivity contribution in [3.05, 3.63) is 60.7 Å². The molecule has 130 valence electrons. The molecule has 3 N–H and O–H groups in total. The predicted molar refractivity (Wildman–Crippen MR) is 110 cm³/mol. The molecule has 0 saturated heterocycles. The zero-order valence-corrected chi connectivity index (χ0v) is 16.6. The quantitative estimate of drug-likeness (QED) is 0.395. The first-order valence-corrected chi connectivity index (χ1v) is 9.09. The number of aliphatic imine (C=N–C) groups is 1. The van der Waals surface area contributed by atoms with Crippen molar-refractivity contribution in [1.82, 2.24) is 0 Å². The fourth-order valence-corrected chi connectivity index (χ4v) is 3.70. The van der Waals surface area contributed by atoms with E-state index in [9.17, 15) is 8.42 Å². The fourth-order valence-electron chi connectivity index (χ4n) is 2.12. The lowest BCUT2D eigenvalue weighted by Crippen LogP contribution is -2.28. The van der Waals surface area contributed by atoms with E-state index in [4.69, 9.17) is 5.73 Å². The summed E-state index contributed by atoms with van der Waals surface area (Å²) in [6.07, 6.45) is 0.587. The van der Waals surface area contributed by atoms with Gasteiger partial charge in [0.05, 0.1) is 16.7 Å². The summed E-state index contributed by atoms with van der Waals surface area (Å²) in [6.45, 7) is 1.89. The summed E-state index contributed by atoms with van der Waals surface area (Å²) in [5, 5.41) is 2.97. The normalized spacial score (nSPS) is 13.0. The van der Waals surface area contributed by atoms with Gasteiger partial charge in [-0.25, -0.2) is 13.4 Å². The van der Waals surface area contributed by atoms with Crippen LogP contribution in [0.25, 0.3) is 0 Å². The molecule has 0 aliphatic rings. The topological polar surface area (TPSA) is 84.5 Å². The SMILES string of the molecule is CCC(CS(=O)(=O)c1ccccc1)N=C(N)Nc1ccccc1.I. The van der Waals surface area contributed by atoms with Crippen molar-refractivity contribution >= 4 is 45.5 Å². The Morgan fingerprint density at radius 1 is 1.08 bits per heavy atom. The van der Waals surface area contributed by atoms with E-state index < -0.39 is 15.9 Å². The summed E-state index contributed by atoms with van der Waals surface area (Å²) in [4.78, 5) is 4.61. The highest BCUT2D eigenvalue weighted by Gasteiger charge is 2.19. The maximum Gasteiger partial charge on any atom is 0.193 e. The van der Waals surface area contributed by atoms with Crippen LogP contribution >= 0.6 is 24.0 Å². The van der Waals surface area contributed by atoms with Gasteiger partial charge in [-0.1, -0.05) is 43.3 Å². The first-order valence-electron chi connectivity index (χ1n) is 7.44. The number of halogens is 1. The van der Waals surface area contributed by atoms with Gasteiger partial charge in [0.25, 0.3) is 0 Å². The zero-order chi connectivity index (χ0) is 16.7. The third-order valence-electron chi connectivity index (χ3n) is 3.35. The van der Waals surface area contributed by atoms with Gasteiger partial charge >= 0.3 is 0 Å². The summed E-state index contributed by atoms with van der Waals surface area (Å²) < 4.78 is 24.8. The predicted octanol–water partition coefficient (Wildman–Crippen LogP) is 3.28. The summed E-state index contributed by atoms with van der Waals surface area (Å²) in [5.41, 5.74) is 6.70. The molecule has 0 fully saturated rings. The Hall–Kier alpha value is -1.61. The van der Waals surface area contributed by atoms with Crippen LogP contribution in [0.4, 0.5) is 5.69 Å². The largest absolute Gasteiger partial charge is 0.370 e. The van der Waals surface area contributed by atoms with Gasteiger partial charge in [-0.3, -0.25) is 0 Å². The van der Waals surface area contributed by atoms with Gasteiger partial charge in [0.15, 0.2) is 15.8 Å². The molecule has 2 aromatic carbocycles. The van der Waals surface area contributed by atoms with Crippen molar-refractivity contribution in [3.8, 4) is 0 Å². The van der Waals surface area contributed by atoms with Crippen molar-refractivity contribution in [2.75, 3.05) is 11.1 Å². The minimum Gasteiger partial charge on any atom is -0.370 e. The van der Waals surface area contributed by atoms with Gasteiger partial charge in [0.1, 0.15) is 0 Å². The maximum absolute atomic E-state index is 12.4. The van der Waals surface area contributed by atoms with Gasteiger partial charge in [0.2, 0.25) is 0 Å². The number of nitrogens with one attached hydrogen (secondary N) is 1. The van der Waals surface area contributed by atoms with Crippen LogP contribution in [0.2, 0.25) is 0 Å². The molecular weight excluding hydrogens is 437 g/mol. The van der Waals surface area contributed by atoms with Crippen LogP contribution < -0.4 is 11.1 Å². The minimum atomic E-state index is -3.38. The molecule has 0 heterocycles. The van der Waals surface area contributed by atoms with Crippen molar-refractivity contribution < 1.29 is 8.42 Å². The van der Waals surface area contributed by atoms with Gasteiger partial charge in [0, 0.05) is 5.69 Å². The molecule has 7 heteroatoms. The van der Waals surface area contributed by atoms with Crippen LogP contribution in [0.1, 0.15) is 13.3 Å². The van der Waals surface area contributed by atoms with Crippen LogP contribution in [-0.4, -0.2) is 26.2 Å². The second-order valence-corrected chi connectivity index (χ2v) is 7.20. The Labute approximate surface area is 160 Å². The Morgan fingerprint density at radius 3 is 2.17 bits per heavy atom. The summed E-state index contributed by atoms with van der Waals surface area (Å²) in [7, 11) is -3.38. The first-order chi connectivity index (χ1) is 11.0. The lowest BCUT2D eigenvalue weighted by Gasteiger charge is -2.13. The number of benzene rings is 2. The van der Waals surface area contributed by atoms with Gasteiger partial charge in [-0.2, -0.15) is 0 Å². The van der Waals surface area contributed by atoms with E-state index in [0.29, 0.717) is 11.3 Å². The molecule has 1 atom stereocenters. The number of nitrogens with zero attached hydrogens (tertiary/aromatic N) is 1. The highest BCUT2D eigenvalue weighted by molar-refractivity contribution is 14.0. The second-order valence-electron chi connectivity index (χ2n) is 5.16. The number of hydrogen-bond donors (Lipinski definition) is 2. The lowest BCUT2D eigenvalue weighted by molar-refractivity contribution is 0.584. The van der Waals surface area contributed by atoms with Crippen LogP contribution in [0.15, 0.2) is 70.6 Å². The Balaban J connectivity index is 0.00000288. The number of sulfone groups is 1. The van der Waals surface area contributed by atoms with Gasteiger partial charge < -0.3 is 11.1 Å². The minimum absolute atomic E-state index is 0. The van der Waals surface area contributed by atoms with Gasteiger partial charge in [-0.05, 0) is 30.7 Å². The number of rotatable bonds is 6. The summed E-state index contributed by atoms with van der Waals surface area (Å²) in [6, 6.07) is 17.4. The Kier molecular flexibility index (Phi) is 8.20. The molecule has 0 bridgehead atoms. The van der Waals surface area contributed by atoms with Crippen molar-refractivity contribution in [1.29, 1.82) is 0 Å². The van der Waals surface area contributed by atoms with Crippen molar-refractivity contribution in [2.24, 2.45) is 10.7 Å².